The monoisotopic (exact) mass is 311 g/mol. The highest BCUT2D eigenvalue weighted by Gasteiger charge is 2.28. The van der Waals surface area contributed by atoms with E-state index in [-0.39, 0.29) is 31.0 Å². The molecule has 0 unspecified atom stereocenters. The van der Waals surface area contributed by atoms with Crippen molar-refractivity contribution < 1.29 is 13.2 Å². The fourth-order valence-electron chi connectivity index (χ4n) is 2.09. The summed E-state index contributed by atoms with van der Waals surface area (Å²) in [6.45, 7) is 4.03. The minimum atomic E-state index is -3.71. The predicted octanol–water partition coefficient (Wildman–Crippen LogP) is 1.44. The zero-order valence-corrected chi connectivity index (χ0v) is 13.4. The van der Waals surface area contributed by atoms with E-state index in [9.17, 15) is 8.42 Å². The summed E-state index contributed by atoms with van der Waals surface area (Å²) in [7, 11) is -2.20. The maximum Gasteiger partial charge on any atom is 0.243 e. The number of nitrogen functional groups attached to an aromatic ring is 1. The molecular weight excluding hydrogens is 290 g/mol. The molecule has 0 saturated carbocycles. The largest absolute Gasteiger partial charge is 0.398 e. The molecule has 6 nitrogen and oxygen atoms in total. The number of methoxy groups -OCH3 is 1. The van der Waals surface area contributed by atoms with Gasteiger partial charge in [0.05, 0.1) is 17.6 Å². The van der Waals surface area contributed by atoms with Crippen LogP contribution in [0.1, 0.15) is 17.5 Å². The number of anilines is 1. The van der Waals surface area contributed by atoms with E-state index in [4.69, 9.17) is 15.7 Å². The van der Waals surface area contributed by atoms with Crippen LogP contribution in [-0.4, -0.2) is 39.5 Å². The first-order valence-corrected chi connectivity index (χ1v) is 8.02. The summed E-state index contributed by atoms with van der Waals surface area (Å²) >= 11 is 0. The Hall–Kier alpha value is -1.62. The van der Waals surface area contributed by atoms with Crippen molar-refractivity contribution in [2.24, 2.45) is 0 Å². The molecule has 0 atom stereocenters. The van der Waals surface area contributed by atoms with Gasteiger partial charge in [-0.1, -0.05) is 6.07 Å². The molecule has 0 spiro atoms. The van der Waals surface area contributed by atoms with Gasteiger partial charge in [0.15, 0.2) is 0 Å². The second-order valence-electron chi connectivity index (χ2n) is 4.73. The number of hydrogen-bond acceptors (Lipinski definition) is 5. The Morgan fingerprint density at radius 1 is 1.33 bits per heavy atom. The van der Waals surface area contributed by atoms with Crippen LogP contribution in [0.25, 0.3) is 0 Å². The fraction of sp³-hybridized carbons (Fsp3) is 0.500. The highest BCUT2D eigenvalue weighted by atomic mass is 32.2. The lowest BCUT2D eigenvalue weighted by molar-refractivity contribution is 0.179. The Morgan fingerprint density at radius 2 is 2.00 bits per heavy atom. The molecule has 21 heavy (non-hydrogen) atoms. The second-order valence-corrected chi connectivity index (χ2v) is 6.61. The first kappa shape index (κ1) is 17.4. The standard InChI is InChI=1S/C14H21N3O3S/c1-11-5-6-13(16)12(2)14(11)21(18,19)17(8-4-7-15)9-10-20-3/h5-6H,4,8-10,16H2,1-3H3. The minimum absolute atomic E-state index is 0.128. The Balaban J connectivity index is 3.29. The molecule has 0 aliphatic rings. The molecule has 0 aliphatic carbocycles. The summed E-state index contributed by atoms with van der Waals surface area (Å²) in [6.07, 6.45) is 0.128. The van der Waals surface area contributed by atoms with Crippen LogP contribution in [0.2, 0.25) is 0 Å². The van der Waals surface area contributed by atoms with Crippen LogP contribution in [-0.2, 0) is 14.8 Å². The number of rotatable bonds is 7. The van der Waals surface area contributed by atoms with Crippen LogP contribution in [0.3, 0.4) is 0 Å². The Morgan fingerprint density at radius 3 is 2.57 bits per heavy atom. The third-order valence-electron chi connectivity index (χ3n) is 3.26. The molecule has 0 amide bonds. The molecule has 1 aromatic carbocycles. The van der Waals surface area contributed by atoms with Gasteiger partial charge >= 0.3 is 0 Å². The number of benzene rings is 1. The zero-order chi connectivity index (χ0) is 16.0. The van der Waals surface area contributed by atoms with E-state index in [1.165, 1.54) is 11.4 Å². The number of nitriles is 1. The number of aryl methyl sites for hydroxylation is 1. The Bertz CT molecular complexity index is 636. The molecule has 1 rings (SSSR count). The SMILES string of the molecule is COCCN(CCC#N)S(=O)(=O)c1c(C)ccc(N)c1C. The van der Waals surface area contributed by atoms with Crippen LogP contribution in [0.4, 0.5) is 5.69 Å². The number of nitrogens with zero attached hydrogens (tertiary/aromatic N) is 2. The molecule has 0 bridgehead atoms. The maximum atomic E-state index is 12.8. The van der Waals surface area contributed by atoms with Gasteiger partial charge in [0.25, 0.3) is 0 Å². The lowest BCUT2D eigenvalue weighted by Gasteiger charge is -2.23. The molecule has 0 saturated heterocycles. The van der Waals surface area contributed by atoms with E-state index in [1.807, 2.05) is 6.07 Å². The maximum absolute atomic E-state index is 12.8. The fourth-order valence-corrected chi connectivity index (χ4v) is 3.97. The molecule has 0 heterocycles. The molecule has 0 aliphatic heterocycles. The molecule has 0 aromatic heterocycles. The van der Waals surface area contributed by atoms with Gasteiger partial charge in [0.1, 0.15) is 0 Å². The third kappa shape index (κ3) is 3.94. The summed E-state index contributed by atoms with van der Waals surface area (Å²) in [4.78, 5) is 0.219. The van der Waals surface area contributed by atoms with E-state index >= 15 is 0 Å². The van der Waals surface area contributed by atoms with Crippen LogP contribution < -0.4 is 5.73 Å². The molecule has 2 N–H and O–H groups in total. The van der Waals surface area contributed by atoms with Gasteiger partial charge in [0.2, 0.25) is 10.0 Å². The van der Waals surface area contributed by atoms with Crippen molar-refractivity contribution in [2.75, 3.05) is 32.5 Å². The van der Waals surface area contributed by atoms with E-state index < -0.39 is 10.0 Å². The number of ether oxygens (including phenoxy) is 1. The van der Waals surface area contributed by atoms with Crippen LogP contribution in [0, 0.1) is 25.2 Å². The summed E-state index contributed by atoms with van der Waals surface area (Å²) in [5.41, 5.74) is 7.44. The molecule has 116 valence electrons. The van der Waals surface area contributed by atoms with Gasteiger partial charge in [-0.25, -0.2) is 8.42 Å². The van der Waals surface area contributed by atoms with Crippen molar-refractivity contribution in [2.45, 2.75) is 25.2 Å². The normalized spacial score (nSPS) is 11.6. The predicted molar refractivity (Wildman–Crippen MR) is 81.2 cm³/mol. The van der Waals surface area contributed by atoms with E-state index in [0.29, 0.717) is 16.8 Å². The van der Waals surface area contributed by atoms with Crippen LogP contribution in [0.15, 0.2) is 17.0 Å². The van der Waals surface area contributed by atoms with Crippen molar-refractivity contribution in [3.63, 3.8) is 0 Å². The van der Waals surface area contributed by atoms with Gasteiger partial charge in [-0.3, -0.25) is 0 Å². The quantitative estimate of drug-likeness (QED) is 0.768. The lowest BCUT2D eigenvalue weighted by atomic mass is 10.1. The summed E-state index contributed by atoms with van der Waals surface area (Å²) in [5.74, 6) is 0. The van der Waals surface area contributed by atoms with Gasteiger partial charge < -0.3 is 10.5 Å². The van der Waals surface area contributed by atoms with Crippen molar-refractivity contribution in [3.05, 3.63) is 23.3 Å². The van der Waals surface area contributed by atoms with Crippen LogP contribution >= 0.6 is 0 Å². The second kappa shape index (κ2) is 7.41. The molecule has 7 heteroatoms. The van der Waals surface area contributed by atoms with Crippen molar-refractivity contribution in [3.8, 4) is 6.07 Å². The highest BCUT2D eigenvalue weighted by Crippen LogP contribution is 2.27. The average Bonchev–Trinajstić information content (AvgIpc) is 2.43. The zero-order valence-electron chi connectivity index (χ0n) is 12.6. The Labute approximate surface area is 126 Å². The van der Waals surface area contributed by atoms with Gasteiger partial charge in [-0.15, -0.1) is 0 Å². The van der Waals surface area contributed by atoms with Gasteiger partial charge in [-0.2, -0.15) is 9.57 Å². The topological polar surface area (TPSA) is 96.4 Å². The van der Waals surface area contributed by atoms with Gasteiger partial charge in [0, 0.05) is 32.3 Å². The van der Waals surface area contributed by atoms with E-state index in [2.05, 4.69) is 0 Å². The number of sulfonamides is 1. The first-order valence-electron chi connectivity index (χ1n) is 6.58. The minimum Gasteiger partial charge on any atom is -0.398 e. The summed E-state index contributed by atoms with van der Waals surface area (Å²) in [5, 5.41) is 8.71. The third-order valence-corrected chi connectivity index (χ3v) is 5.45. The number of nitrogens with two attached hydrogens (primary N) is 1. The van der Waals surface area contributed by atoms with Crippen molar-refractivity contribution in [1.29, 1.82) is 5.26 Å². The molecule has 0 fully saturated rings. The first-order chi connectivity index (χ1) is 9.86. The van der Waals surface area contributed by atoms with Crippen molar-refractivity contribution in [1.82, 2.24) is 4.31 Å². The average molecular weight is 311 g/mol. The van der Waals surface area contributed by atoms with Crippen molar-refractivity contribution >= 4 is 15.7 Å². The van der Waals surface area contributed by atoms with E-state index in [1.54, 1.807) is 26.0 Å². The van der Waals surface area contributed by atoms with E-state index in [0.717, 1.165) is 0 Å². The lowest BCUT2D eigenvalue weighted by Crippen LogP contribution is -2.35. The van der Waals surface area contributed by atoms with Gasteiger partial charge in [-0.05, 0) is 31.0 Å². The summed E-state index contributed by atoms with van der Waals surface area (Å²) < 4.78 is 31.9. The molecule has 1 aromatic rings. The van der Waals surface area contributed by atoms with Crippen LogP contribution in [0.5, 0.6) is 0 Å². The number of hydrogen-bond donors (Lipinski definition) is 1. The summed E-state index contributed by atoms with van der Waals surface area (Å²) in [6, 6.07) is 5.35. The molecular formula is C14H21N3O3S. The smallest absolute Gasteiger partial charge is 0.243 e. The highest BCUT2D eigenvalue weighted by molar-refractivity contribution is 7.89. The Kier molecular flexibility index (Phi) is 6.15. The molecule has 0 radical (unpaired) electrons.